The highest BCUT2D eigenvalue weighted by Gasteiger charge is 2.40. The lowest BCUT2D eigenvalue weighted by atomic mass is 9.74. The third-order valence-corrected chi connectivity index (χ3v) is 7.09. The van der Waals surface area contributed by atoms with Gasteiger partial charge in [-0.25, -0.2) is 26.5 Å². The molecule has 2 atom stereocenters. The van der Waals surface area contributed by atoms with Crippen LogP contribution in [0.2, 0.25) is 0 Å². The largest absolute Gasteiger partial charge is 0.329 e. The highest BCUT2D eigenvalue weighted by atomic mass is 35.5. The molecular formula is C14H24ClN3O4S2. The van der Waals surface area contributed by atoms with Crippen molar-refractivity contribution in [3.8, 4) is 0 Å². The maximum atomic E-state index is 12.6. The second-order valence-electron chi connectivity index (χ2n) is 6.22. The van der Waals surface area contributed by atoms with Crippen LogP contribution in [0.25, 0.3) is 0 Å². The van der Waals surface area contributed by atoms with E-state index in [2.05, 4.69) is 9.71 Å². The van der Waals surface area contributed by atoms with Crippen LogP contribution < -0.4 is 10.5 Å². The summed E-state index contributed by atoms with van der Waals surface area (Å²) in [4.78, 5) is 3.68. The van der Waals surface area contributed by atoms with E-state index in [9.17, 15) is 16.8 Å². The van der Waals surface area contributed by atoms with Gasteiger partial charge >= 0.3 is 0 Å². The first kappa shape index (κ1) is 21.3. The number of aromatic nitrogens is 1. The fourth-order valence-electron chi connectivity index (χ4n) is 2.98. The smallest absolute Gasteiger partial charge is 0.242 e. The van der Waals surface area contributed by atoms with Crippen LogP contribution in [0.3, 0.4) is 0 Å². The van der Waals surface area contributed by atoms with Crippen molar-refractivity contribution in [2.24, 2.45) is 11.7 Å². The monoisotopic (exact) mass is 397 g/mol. The molecule has 1 aromatic heterocycles. The Labute approximate surface area is 149 Å². The fourth-order valence-corrected chi connectivity index (χ4v) is 5.02. The van der Waals surface area contributed by atoms with Gasteiger partial charge in [-0.05, 0) is 30.9 Å². The van der Waals surface area contributed by atoms with E-state index in [1.54, 1.807) is 0 Å². The fraction of sp³-hybridized carbons (Fsp3) is 0.643. The van der Waals surface area contributed by atoms with E-state index in [1.165, 1.54) is 12.1 Å². The number of hydrogen-bond donors (Lipinski definition) is 2. The Hall–Kier alpha value is -0.740. The predicted molar refractivity (Wildman–Crippen MR) is 94.3 cm³/mol. The van der Waals surface area contributed by atoms with Crippen molar-refractivity contribution >= 4 is 32.3 Å². The van der Waals surface area contributed by atoms with Crippen molar-refractivity contribution in [2.45, 2.75) is 48.1 Å². The zero-order valence-electron chi connectivity index (χ0n) is 13.7. The van der Waals surface area contributed by atoms with Crippen molar-refractivity contribution in [3.05, 3.63) is 18.3 Å². The van der Waals surface area contributed by atoms with Gasteiger partial charge in [-0.3, -0.25) is 0 Å². The zero-order chi connectivity index (χ0) is 17.3. The van der Waals surface area contributed by atoms with E-state index >= 15 is 0 Å². The van der Waals surface area contributed by atoms with Crippen LogP contribution in [-0.2, 0) is 19.9 Å². The van der Waals surface area contributed by atoms with E-state index < -0.39 is 25.4 Å². The Morgan fingerprint density at radius 3 is 2.42 bits per heavy atom. The number of sulfone groups is 1. The topological polar surface area (TPSA) is 119 Å². The van der Waals surface area contributed by atoms with Crippen LogP contribution in [0.15, 0.2) is 28.3 Å². The summed E-state index contributed by atoms with van der Waals surface area (Å²) >= 11 is 0. The lowest BCUT2D eigenvalue weighted by Gasteiger charge is -2.42. The Bertz CT molecular complexity index is 766. The molecule has 3 N–H and O–H groups in total. The molecule has 1 aromatic rings. The lowest BCUT2D eigenvalue weighted by molar-refractivity contribution is 0.191. The minimum Gasteiger partial charge on any atom is -0.329 e. The first-order valence-corrected chi connectivity index (χ1v) is 10.9. The molecule has 0 radical (unpaired) electrons. The molecule has 2 unspecified atom stereocenters. The van der Waals surface area contributed by atoms with Crippen molar-refractivity contribution in [1.82, 2.24) is 9.71 Å². The summed E-state index contributed by atoms with van der Waals surface area (Å²) in [6.45, 7) is 2.22. The minimum absolute atomic E-state index is 0. The number of halogens is 1. The van der Waals surface area contributed by atoms with E-state index in [4.69, 9.17) is 5.73 Å². The van der Waals surface area contributed by atoms with Gasteiger partial charge in [-0.2, -0.15) is 0 Å². The summed E-state index contributed by atoms with van der Waals surface area (Å²) in [6.07, 6.45) is 5.69. The Morgan fingerprint density at radius 1 is 1.29 bits per heavy atom. The maximum Gasteiger partial charge on any atom is 0.242 e. The molecule has 1 saturated carbocycles. The van der Waals surface area contributed by atoms with Crippen molar-refractivity contribution in [3.63, 3.8) is 0 Å². The molecule has 10 heteroatoms. The van der Waals surface area contributed by atoms with Gasteiger partial charge in [0.25, 0.3) is 0 Å². The van der Waals surface area contributed by atoms with Crippen LogP contribution in [0.4, 0.5) is 0 Å². The molecule has 138 valence electrons. The van der Waals surface area contributed by atoms with E-state index in [0.29, 0.717) is 6.42 Å². The molecule has 7 nitrogen and oxygen atoms in total. The number of nitrogens with zero attached hydrogens (tertiary/aromatic N) is 1. The number of nitrogens with two attached hydrogens (primary N) is 1. The second-order valence-corrected chi connectivity index (χ2v) is 9.86. The SMILES string of the molecule is CC1CCCCC1(CN)NS(=O)(=O)c1ccc(S(C)(=O)=O)nc1.Cl. The minimum atomic E-state index is -3.81. The van der Waals surface area contributed by atoms with Crippen LogP contribution in [0, 0.1) is 5.92 Å². The molecule has 1 heterocycles. The zero-order valence-corrected chi connectivity index (χ0v) is 16.2. The van der Waals surface area contributed by atoms with Gasteiger partial charge in [0.05, 0.1) is 0 Å². The van der Waals surface area contributed by atoms with Gasteiger partial charge in [0.2, 0.25) is 10.0 Å². The van der Waals surface area contributed by atoms with Crippen molar-refractivity contribution in [1.29, 1.82) is 0 Å². The van der Waals surface area contributed by atoms with Gasteiger partial charge in [0, 0.05) is 24.5 Å². The van der Waals surface area contributed by atoms with E-state index in [1.807, 2.05) is 6.92 Å². The highest BCUT2D eigenvalue weighted by molar-refractivity contribution is 7.90. The summed E-state index contributed by atoms with van der Waals surface area (Å²) in [7, 11) is -7.28. The molecular weight excluding hydrogens is 374 g/mol. The first-order valence-electron chi connectivity index (χ1n) is 7.51. The van der Waals surface area contributed by atoms with Gasteiger partial charge in [-0.15, -0.1) is 12.4 Å². The lowest BCUT2D eigenvalue weighted by Crippen LogP contribution is -2.58. The molecule has 0 amide bonds. The summed E-state index contributed by atoms with van der Waals surface area (Å²) in [6, 6.07) is 2.45. The van der Waals surface area contributed by atoms with Crippen LogP contribution in [0.5, 0.6) is 0 Å². The normalized spacial score (nSPS) is 25.0. The summed E-state index contributed by atoms with van der Waals surface area (Å²) in [5.74, 6) is 0.138. The number of pyridine rings is 1. The Balaban J connectivity index is 0.00000288. The molecule has 0 aromatic carbocycles. The number of sulfonamides is 1. The van der Waals surface area contributed by atoms with Crippen LogP contribution in [-0.4, -0.2) is 40.2 Å². The average Bonchev–Trinajstić information content (AvgIpc) is 2.49. The summed E-state index contributed by atoms with van der Waals surface area (Å²) in [5.41, 5.74) is 5.21. The number of hydrogen-bond acceptors (Lipinski definition) is 6. The molecule has 0 bridgehead atoms. The van der Waals surface area contributed by atoms with Gasteiger partial charge < -0.3 is 5.73 Å². The maximum absolute atomic E-state index is 12.6. The van der Waals surface area contributed by atoms with Crippen molar-refractivity contribution in [2.75, 3.05) is 12.8 Å². The van der Waals surface area contributed by atoms with Crippen molar-refractivity contribution < 1.29 is 16.8 Å². The van der Waals surface area contributed by atoms with E-state index in [-0.39, 0.29) is 34.8 Å². The van der Waals surface area contributed by atoms with Crippen LogP contribution >= 0.6 is 12.4 Å². The average molecular weight is 398 g/mol. The molecule has 0 aliphatic heterocycles. The quantitative estimate of drug-likeness (QED) is 0.767. The molecule has 1 fully saturated rings. The van der Waals surface area contributed by atoms with Gasteiger partial charge in [-0.1, -0.05) is 19.8 Å². The number of nitrogens with one attached hydrogen (secondary N) is 1. The molecule has 0 saturated heterocycles. The van der Waals surface area contributed by atoms with Gasteiger partial charge in [0.15, 0.2) is 14.9 Å². The Morgan fingerprint density at radius 2 is 1.96 bits per heavy atom. The first-order chi connectivity index (χ1) is 10.6. The second kappa shape index (κ2) is 7.65. The molecule has 1 aliphatic rings. The molecule has 0 spiro atoms. The molecule has 2 rings (SSSR count). The predicted octanol–water partition coefficient (Wildman–Crippen LogP) is 1.09. The number of rotatable bonds is 5. The third kappa shape index (κ3) is 4.45. The molecule has 24 heavy (non-hydrogen) atoms. The third-order valence-electron chi connectivity index (χ3n) is 4.55. The molecule has 1 aliphatic carbocycles. The Kier molecular flexibility index (Phi) is 6.79. The summed E-state index contributed by atoms with van der Waals surface area (Å²) in [5, 5.41) is -0.156. The van der Waals surface area contributed by atoms with Crippen LogP contribution in [0.1, 0.15) is 32.6 Å². The summed E-state index contributed by atoms with van der Waals surface area (Å²) < 4.78 is 50.8. The van der Waals surface area contributed by atoms with Gasteiger partial charge in [0.1, 0.15) is 4.90 Å². The standard InChI is InChI=1S/C14H23N3O4S2.ClH/c1-11-5-3-4-8-14(11,10-15)17-23(20,21)12-6-7-13(16-9-12)22(2,18)19;/h6-7,9,11,17H,3-5,8,10,15H2,1-2H3;1H. The highest BCUT2D eigenvalue weighted by Crippen LogP contribution is 2.34. The van der Waals surface area contributed by atoms with E-state index in [0.717, 1.165) is 31.7 Å².